The van der Waals surface area contributed by atoms with Gasteiger partial charge in [-0.15, -0.1) is 0 Å². The van der Waals surface area contributed by atoms with Crippen LogP contribution in [0, 0.1) is 10.1 Å². The highest BCUT2D eigenvalue weighted by Crippen LogP contribution is 2.31. The molecule has 20 heavy (non-hydrogen) atoms. The van der Waals surface area contributed by atoms with E-state index in [-0.39, 0.29) is 11.3 Å². The average Bonchev–Trinajstić information content (AvgIpc) is 2.36. The van der Waals surface area contributed by atoms with Crippen LogP contribution in [0.25, 0.3) is 0 Å². The fourth-order valence-electron chi connectivity index (χ4n) is 1.65. The van der Waals surface area contributed by atoms with Gasteiger partial charge in [0, 0.05) is 18.2 Å². The number of aliphatic hydroxyl groups is 1. The third-order valence-electron chi connectivity index (χ3n) is 2.41. The number of halogens is 3. The van der Waals surface area contributed by atoms with E-state index in [1.54, 1.807) is 0 Å². The number of hydrogen-bond acceptors (Lipinski definition) is 5. The summed E-state index contributed by atoms with van der Waals surface area (Å²) in [6.07, 6.45) is -4.22. The van der Waals surface area contributed by atoms with E-state index in [0.29, 0.717) is 11.2 Å². The molecule has 6 nitrogen and oxygen atoms in total. The molecule has 0 bridgehead atoms. The zero-order chi connectivity index (χ0) is 15.3. The second-order valence-corrected chi connectivity index (χ2v) is 3.88. The highest BCUT2D eigenvalue weighted by atomic mass is 19.4. The van der Waals surface area contributed by atoms with Gasteiger partial charge in [-0.25, -0.2) is 0 Å². The molecule has 0 aliphatic heterocycles. The van der Waals surface area contributed by atoms with Crippen molar-refractivity contribution >= 4 is 17.7 Å². The van der Waals surface area contributed by atoms with Crippen molar-refractivity contribution in [1.29, 1.82) is 0 Å². The van der Waals surface area contributed by atoms with E-state index in [1.807, 2.05) is 0 Å². The van der Waals surface area contributed by atoms with E-state index in [1.165, 1.54) is 6.07 Å². The lowest BCUT2D eigenvalue weighted by atomic mass is 10.1. The second kappa shape index (κ2) is 6.33. The first-order chi connectivity index (χ1) is 9.28. The van der Waals surface area contributed by atoms with Crippen LogP contribution in [0.2, 0.25) is 0 Å². The number of rotatable bonds is 6. The number of nitro benzene ring substituents is 1. The van der Waals surface area contributed by atoms with Gasteiger partial charge in [-0.1, -0.05) is 0 Å². The van der Waals surface area contributed by atoms with Gasteiger partial charge < -0.3 is 10.0 Å². The van der Waals surface area contributed by atoms with Crippen molar-refractivity contribution < 1.29 is 28.0 Å². The standard InChI is InChI=1S/C11H11F3N2O4/c12-11(13,14)7-15(3-4-17)9-2-1-8(6-18)5-10(9)16(19)20/h1-2,5-6,17H,3-4,7H2. The minimum atomic E-state index is -4.58. The van der Waals surface area contributed by atoms with Crippen LogP contribution in [0.4, 0.5) is 24.5 Å². The highest BCUT2D eigenvalue weighted by molar-refractivity contribution is 5.79. The molecule has 0 spiro atoms. The Hall–Kier alpha value is -2.16. The molecule has 9 heteroatoms. The smallest absolute Gasteiger partial charge is 0.395 e. The molecule has 1 aromatic rings. The van der Waals surface area contributed by atoms with Gasteiger partial charge >= 0.3 is 6.18 Å². The molecule has 110 valence electrons. The van der Waals surface area contributed by atoms with Crippen LogP contribution < -0.4 is 4.90 Å². The van der Waals surface area contributed by atoms with Crippen LogP contribution in [0.1, 0.15) is 10.4 Å². The Bertz CT molecular complexity index is 505. The second-order valence-electron chi connectivity index (χ2n) is 3.88. The van der Waals surface area contributed by atoms with Gasteiger partial charge in [0.2, 0.25) is 0 Å². The first kappa shape index (κ1) is 15.9. The number of aldehydes is 1. The van der Waals surface area contributed by atoms with E-state index < -0.39 is 36.5 Å². The van der Waals surface area contributed by atoms with Gasteiger partial charge in [-0.3, -0.25) is 14.9 Å². The molecule has 1 aromatic carbocycles. The van der Waals surface area contributed by atoms with Gasteiger partial charge in [0.25, 0.3) is 5.69 Å². The molecule has 0 amide bonds. The molecule has 1 rings (SSSR count). The monoisotopic (exact) mass is 292 g/mol. The van der Waals surface area contributed by atoms with E-state index in [0.717, 1.165) is 12.1 Å². The number of benzene rings is 1. The molecule has 0 aliphatic carbocycles. The highest BCUT2D eigenvalue weighted by Gasteiger charge is 2.33. The summed E-state index contributed by atoms with van der Waals surface area (Å²) in [6, 6.07) is 3.13. The summed E-state index contributed by atoms with van der Waals surface area (Å²) in [5, 5.41) is 19.7. The lowest BCUT2D eigenvalue weighted by molar-refractivity contribution is -0.384. The zero-order valence-corrected chi connectivity index (χ0v) is 10.1. The largest absolute Gasteiger partial charge is 0.405 e. The lowest BCUT2D eigenvalue weighted by Gasteiger charge is -2.24. The number of alkyl halides is 3. The van der Waals surface area contributed by atoms with Gasteiger partial charge in [0.1, 0.15) is 18.5 Å². The molecule has 0 atom stereocenters. The van der Waals surface area contributed by atoms with Gasteiger partial charge in [-0.05, 0) is 12.1 Å². The van der Waals surface area contributed by atoms with Crippen LogP contribution >= 0.6 is 0 Å². The third kappa shape index (κ3) is 4.19. The Kier molecular flexibility index (Phi) is 5.03. The summed E-state index contributed by atoms with van der Waals surface area (Å²) >= 11 is 0. The van der Waals surface area contributed by atoms with Crippen LogP contribution in [0.5, 0.6) is 0 Å². The third-order valence-corrected chi connectivity index (χ3v) is 2.41. The minimum absolute atomic E-state index is 0.0172. The van der Waals surface area contributed by atoms with Crippen LogP contribution in [-0.4, -0.2) is 42.2 Å². The van der Waals surface area contributed by atoms with E-state index in [9.17, 15) is 28.1 Å². The fourth-order valence-corrected chi connectivity index (χ4v) is 1.65. The molecular weight excluding hydrogens is 281 g/mol. The molecule has 0 heterocycles. The molecular formula is C11H11F3N2O4. The Morgan fingerprint density at radius 1 is 1.40 bits per heavy atom. The summed E-state index contributed by atoms with van der Waals surface area (Å²) in [4.78, 5) is 21.2. The summed E-state index contributed by atoms with van der Waals surface area (Å²) in [5.74, 6) is 0. The lowest BCUT2D eigenvalue weighted by Crippen LogP contribution is -2.36. The van der Waals surface area contributed by atoms with Gasteiger partial charge in [0.05, 0.1) is 11.5 Å². The number of nitro groups is 1. The van der Waals surface area contributed by atoms with Crippen molar-refractivity contribution in [1.82, 2.24) is 0 Å². The van der Waals surface area contributed by atoms with Crippen molar-refractivity contribution in [2.24, 2.45) is 0 Å². The number of nitrogens with zero attached hydrogens (tertiary/aromatic N) is 2. The molecule has 0 fully saturated rings. The molecule has 0 aromatic heterocycles. The predicted molar refractivity (Wildman–Crippen MR) is 63.8 cm³/mol. The quantitative estimate of drug-likeness (QED) is 0.491. The Morgan fingerprint density at radius 3 is 2.50 bits per heavy atom. The Morgan fingerprint density at radius 2 is 2.05 bits per heavy atom. The summed E-state index contributed by atoms with van der Waals surface area (Å²) < 4.78 is 37.3. The molecule has 0 saturated heterocycles. The summed E-state index contributed by atoms with van der Waals surface area (Å²) in [5.41, 5.74) is -0.935. The number of carbonyl (C=O) groups is 1. The molecule has 0 aliphatic rings. The number of aliphatic hydroxyl groups excluding tert-OH is 1. The van der Waals surface area contributed by atoms with Crippen molar-refractivity contribution in [3.8, 4) is 0 Å². The maximum atomic E-state index is 12.4. The van der Waals surface area contributed by atoms with E-state index >= 15 is 0 Å². The predicted octanol–water partition coefficient (Wildman–Crippen LogP) is 1.77. The molecule has 0 radical (unpaired) electrons. The number of hydrogen-bond donors (Lipinski definition) is 1. The van der Waals surface area contributed by atoms with Gasteiger partial charge in [-0.2, -0.15) is 13.2 Å². The van der Waals surface area contributed by atoms with Crippen molar-refractivity contribution in [2.45, 2.75) is 6.18 Å². The Labute approximate surface area is 111 Å². The topological polar surface area (TPSA) is 83.7 Å². The molecule has 0 saturated carbocycles. The van der Waals surface area contributed by atoms with Crippen molar-refractivity contribution in [2.75, 3.05) is 24.6 Å². The molecule has 1 N–H and O–H groups in total. The number of anilines is 1. The average molecular weight is 292 g/mol. The first-order valence-corrected chi connectivity index (χ1v) is 5.44. The van der Waals surface area contributed by atoms with Crippen molar-refractivity contribution in [3.63, 3.8) is 0 Å². The van der Waals surface area contributed by atoms with E-state index in [2.05, 4.69) is 0 Å². The summed E-state index contributed by atoms with van der Waals surface area (Å²) in [7, 11) is 0. The Balaban J connectivity index is 3.24. The van der Waals surface area contributed by atoms with Crippen LogP contribution in [-0.2, 0) is 0 Å². The normalized spacial score (nSPS) is 11.2. The maximum absolute atomic E-state index is 12.4. The van der Waals surface area contributed by atoms with E-state index in [4.69, 9.17) is 5.11 Å². The SMILES string of the molecule is O=Cc1ccc(N(CCO)CC(F)(F)F)c([N+](=O)[O-])c1. The van der Waals surface area contributed by atoms with Crippen LogP contribution in [0.3, 0.4) is 0 Å². The first-order valence-electron chi connectivity index (χ1n) is 5.44. The molecule has 0 unspecified atom stereocenters. The van der Waals surface area contributed by atoms with Crippen LogP contribution in [0.15, 0.2) is 18.2 Å². The number of carbonyl (C=O) groups excluding carboxylic acids is 1. The van der Waals surface area contributed by atoms with Gasteiger partial charge in [0.15, 0.2) is 0 Å². The fraction of sp³-hybridized carbons (Fsp3) is 0.364. The zero-order valence-electron chi connectivity index (χ0n) is 10.1. The van der Waals surface area contributed by atoms with Crippen molar-refractivity contribution in [3.05, 3.63) is 33.9 Å². The minimum Gasteiger partial charge on any atom is -0.395 e. The summed E-state index contributed by atoms with van der Waals surface area (Å²) in [6.45, 7) is -2.45. The maximum Gasteiger partial charge on any atom is 0.405 e.